The van der Waals surface area contributed by atoms with Gasteiger partial charge in [0.15, 0.2) is 0 Å². The number of halogens is 1. The van der Waals surface area contributed by atoms with Crippen LogP contribution < -0.4 is 0 Å². The molecule has 1 aromatic rings. The van der Waals surface area contributed by atoms with Gasteiger partial charge in [0.25, 0.3) is 0 Å². The topological polar surface area (TPSA) is 56.0 Å². The van der Waals surface area contributed by atoms with Gasteiger partial charge in [-0.15, -0.1) is 11.6 Å². The summed E-state index contributed by atoms with van der Waals surface area (Å²) < 4.78 is 0. The van der Waals surface area contributed by atoms with E-state index in [4.69, 9.17) is 11.6 Å². The molecular formula is C7H7ClN2O2. The monoisotopic (exact) mass is 186 g/mol. The highest BCUT2D eigenvalue weighted by atomic mass is 35.5. The summed E-state index contributed by atoms with van der Waals surface area (Å²) in [5.74, 6) is 0.121. The molecule has 4 nitrogen and oxygen atoms in total. The first-order valence-corrected chi connectivity index (χ1v) is 3.85. The van der Waals surface area contributed by atoms with Gasteiger partial charge in [0, 0.05) is 18.9 Å². The summed E-state index contributed by atoms with van der Waals surface area (Å²) in [5, 5.41) is 10.3. The minimum Gasteiger partial charge on any atom is -0.358 e. The summed E-state index contributed by atoms with van der Waals surface area (Å²) in [7, 11) is 0. The van der Waals surface area contributed by atoms with Gasteiger partial charge in [0.2, 0.25) is 0 Å². The third-order valence-electron chi connectivity index (χ3n) is 1.34. The largest absolute Gasteiger partial charge is 0.363 e. The van der Waals surface area contributed by atoms with Crippen molar-refractivity contribution < 1.29 is 4.92 Å². The van der Waals surface area contributed by atoms with Crippen molar-refractivity contribution in [1.29, 1.82) is 0 Å². The Balaban J connectivity index is 3.15. The summed E-state index contributed by atoms with van der Waals surface area (Å²) >= 11 is 5.53. The summed E-state index contributed by atoms with van der Waals surface area (Å²) in [4.78, 5) is 13.5. The molecule has 0 aliphatic rings. The summed E-state index contributed by atoms with van der Waals surface area (Å²) in [5.41, 5.74) is 1.33. The second kappa shape index (κ2) is 3.49. The molecule has 64 valence electrons. The molecule has 1 aromatic heterocycles. The molecule has 1 rings (SSSR count). The fourth-order valence-corrected chi connectivity index (χ4v) is 1.05. The van der Waals surface area contributed by atoms with E-state index < -0.39 is 4.92 Å². The molecule has 0 fully saturated rings. The van der Waals surface area contributed by atoms with E-state index in [0.717, 1.165) is 5.56 Å². The lowest BCUT2D eigenvalue weighted by Crippen LogP contribution is -1.95. The van der Waals surface area contributed by atoms with Crippen LogP contribution in [0, 0.1) is 17.0 Å². The zero-order valence-corrected chi connectivity index (χ0v) is 7.21. The van der Waals surface area contributed by atoms with Crippen molar-refractivity contribution in [2.45, 2.75) is 12.8 Å². The number of pyridine rings is 1. The van der Waals surface area contributed by atoms with Crippen molar-refractivity contribution in [1.82, 2.24) is 4.98 Å². The maximum absolute atomic E-state index is 10.3. The Bertz CT molecular complexity index is 314. The van der Waals surface area contributed by atoms with E-state index in [1.807, 2.05) is 0 Å². The quantitative estimate of drug-likeness (QED) is 0.404. The van der Waals surface area contributed by atoms with Crippen molar-refractivity contribution >= 4 is 17.4 Å². The minimum absolute atomic E-state index is 0.148. The van der Waals surface area contributed by atoms with Crippen LogP contribution in [0.5, 0.6) is 0 Å². The second-order valence-electron chi connectivity index (χ2n) is 2.37. The van der Waals surface area contributed by atoms with E-state index in [0.29, 0.717) is 5.69 Å². The van der Waals surface area contributed by atoms with Gasteiger partial charge in [-0.3, -0.25) is 0 Å². The molecule has 0 unspecified atom stereocenters. The van der Waals surface area contributed by atoms with Crippen molar-refractivity contribution in [3.05, 3.63) is 33.5 Å². The summed E-state index contributed by atoms with van der Waals surface area (Å²) in [6.45, 7) is 1.70. The Hall–Kier alpha value is -1.16. The molecule has 0 saturated heterocycles. The third-order valence-corrected chi connectivity index (χ3v) is 1.65. The molecule has 1 heterocycles. The van der Waals surface area contributed by atoms with E-state index in [1.54, 1.807) is 13.0 Å². The van der Waals surface area contributed by atoms with Gasteiger partial charge in [0.05, 0.1) is 0 Å². The van der Waals surface area contributed by atoms with Crippen LogP contribution in [0.4, 0.5) is 5.82 Å². The lowest BCUT2D eigenvalue weighted by molar-refractivity contribution is -0.389. The van der Waals surface area contributed by atoms with E-state index in [-0.39, 0.29) is 11.7 Å². The first-order valence-electron chi connectivity index (χ1n) is 3.31. The lowest BCUT2D eigenvalue weighted by Gasteiger charge is -1.95. The molecule has 0 spiro atoms. The number of hydrogen-bond donors (Lipinski definition) is 0. The van der Waals surface area contributed by atoms with E-state index >= 15 is 0 Å². The highest BCUT2D eigenvalue weighted by Crippen LogP contribution is 2.13. The molecule has 0 N–H and O–H groups in total. The van der Waals surface area contributed by atoms with Crippen LogP contribution in [0.15, 0.2) is 12.1 Å². The first-order chi connectivity index (χ1) is 5.63. The smallest absolute Gasteiger partial charge is 0.358 e. The normalized spacial score (nSPS) is 9.83. The van der Waals surface area contributed by atoms with E-state index in [1.165, 1.54) is 6.07 Å². The molecule has 0 atom stereocenters. The third kappa shape index (κ3) is 1.92. The van der Waals surface area contributed by atoms with Crippen molar-refractivity contribution in [3.63, 3.8) is 0 Å². The van der Waals surface area contributed by atoms with Crippen LogP contribution in [0.1, 0.15) is 11.3 Å². The predicted molar refractivity (Wildman–Crippen MR) is 45.2 cm³/mol. The molecular weight excluding hydrogens is 180 g/mol. The fraction of sp³-hybridized carbons (Fsp3) is 0.286. The number of aryl methyl sites for hydroxylation is 1. The average Bonchev–Trinajstić information content (AvgIpc) is 2.03. The SMILES string of the molecule is Cc1cc(CCl)cc([N+](=O)[O-])n1. The van der Waals surface area contributed by atoms with Crippen molar-refractivity contribution in [3.8, 4) is 0 Å². The van der Waals surface area contributed by atoms with Crippen LogP contribution in [-0.2, 0) is 5.88 Å². The van der Waals surface area contributed by atoms with Gasteiger partial charge in [0.1, 0.15) is 5.69 Å². The zero-order valence-electron chi connectivity index (χ0n) is 6.45. The van der Waals surface area contributed by atoms with Crippen LogP contribution in [0.25, 0.3) is 0 Å². The maximum atomic E-state index is 10.3. The molecule has 12 heavy (non-hydrogen) atoms. The van der Waals surface area contributed by atoms with Gasteiger partial charge in [-0.05, 0) is 21.5 Å². The molecule has 0 saturated carbocycles. The molecule has 0 radical (unpaired) electrons. The van der Waals surface area contributed by atoms with Crippen LogP contribution in [0.2, 0.25) is 0 Å². The highest BCUT2D eigenvalue weighted by molar-refractivity contribution is 6.17. The van der Waals surface area contributed by atoms with Crippen molar-refractivity contribution in [2.24, 2.45) is 0 Å². The van der Waals surface area contributed by atoms with Crippen molar-refractivity contribution in [2.75, 3.05) is 0 Å². The molecule has 0 aromatic carbocycles. The fourth-order valence-electron chi connectivity index (χ4n) is 0.892. The highest BCUT2D eigenvalue weighted by Gasteiger charge is 2.09. The number of nitro groups is 1. The van der Waals surface area contributed by atoms with E-state index in [2.05, 4.69) is 4.98 Å². The number of nitrogens with zero attached hydrogens (tertiary/aromatic N) is 2. The van der Waals surface area contributed by atoms with Crippen LogP contribution in [0.3, 0.4) is 0 Å². The lowest BCUT2D eigenvalue weighted by atomic mass is 10.2. The maximum Gasteiger partial charge on any atom is 0.363 e. The summed E-state index contributed by atoms with van der Waals surface area (Å²) in [6, 6.07) is 3.10. The minimum atomic E-state index is -0.525. The van der Waals surface area contributed by atoms with Gasteiger partial charge < -0.3 is 10.1 Å². The molecule has 0 aliphatic heterocycles. The first kappa shape index (κ1) is 8.93. The Morgan fingerprint density at radius 3 is 2.83 bits per heavy atom. The van der Waals surface area contributed by atoms with Crippen LogP contribution in [-0.4, -0.2) is 9.91 Å². The Morgan fingerprint density at radius 1 is 1.67 bits per heavy atom. The van der Waals surface area contributed by atoms with Gasteiger partial charge in [-0.1, -0.05) is 0 Å². The molecule has 5 heteroatoms. The van der Waals surface area contributed by atoms with E-state index in [9.17, 15) is 10.1 Å². The Kier molecular flexibility index (Phi) is 2.60. The second-order valence-corrected chi connectivity index (χ2v) is 2.63. The number of aromatic nitrogens is 1. The summed E-state index contributed by atoms with van der Waals surface area (Å²) in [6.07, 6.45) is 0. The average molecular weight is 187 g/mol. The predicted octanol–water partition coefficient (Wildman–Crippen LogP) is 2.04. The molecule has 0 aliphatic carbocycles. The Morgan fingerprint density at radius 2 is 2.33 bits per heavy atom. The van der Waals surface area contributed by atoms with Crippen LogP contribution >= 0.6 is 11.6 Å². The Labute approximate surface area is 74.3 Å². The zero-order chi connectivity index (χ0) is 9.14. The van der Waals surface area contributed by atoms with Gasteiger partial charge in [-0.25, -0.2) is 0 Å². The van der Waals surface area contributed by atoms with Gasteiger partial charge >= 0.3 is 5.82 Å². The number of alkyl halides is 1. The molecule has 0 bridgehead atoms. The standard InChI is InChI=1S/C7H7ClN2O2/c1-5-2-6(4-8)3-7(9-5)10(11)12/h2-3H,4H2,1H3. The molecule has 0 amide bonds. The number of hydrogen-bond acceptors (Lipinski definition) is 3. The van der Waals surface area contributed by atoms with Gasteiger partial charge in [-0.2, -0.15) is 0 Å². The number of rotatable bonds is 2.